The van der Waals surface area contributed by atoms with Crippen LogP contribution in [0.25, 0.3) is 0 Å². The highest BCUT2D eigenvalue weighted by atomic mass is 16.5. The number of rotatable bonds is 5. The number of ether oxygens (including phenoxy) is 1. The van der Waals surface area contributed by atoms with Gasteiger partial charge in [-0.1, -0.05) is 20.8 Å². The molecule has 1 aliphatic carbocycles. The fourth-order valence-corrected chi connectivity index (χ4v) is 4.22. The summed E-state index contributed by atoms with van der Waals surface area (Å²) < 4.78 is 5.86. The van der Waals surface area contributed by atoms with Gasteiger partial charge in [0.05, 0.1) is 12.2 Å². The molecule has 2 rings (SSSR count). The van der Waals surface area contributed by atoms with Gasteiger partial charge in [-0.3, -0.25) is 4.90 Å². The van der Waals surface area contributed by atoms with Gasteiger partial charge in [-0.25, -0.2) is 0 Å². The molecular formula is C17H34N2O. The van der Waals surface area contributed by atoms with E-state index in [9.17, 15) is 0 Å². The van der Waals surface area contributed by atoms with Gasteiger partial charge in [0.25, 0.3) is 0 Å². The standard InChI is InChI=1S/C17H34N2O/c1-6-9-18-16-15(7-8-17(16,4)5)12-19-10-13(2)20-14(3)11-19/h13-16,18H,6-12H2,1-5H3/t13-,14+,15?,16?. The fourth-order valence-electron chi connectivity index (χ4n) is 4.22. The Labute approximate surface area is 125 Å². The summed E-state index contributed by atoms with van der Waals surface area (Å²) in [6.07, 6.45) is 4.72. The van der Waals surface area contributed by atoms with E-state index in [1.807, 2.05) is 0 Å². The topological polar surface area (TPSA) is 24.5 Å². The quantitative estimate of drug-likeness (QED) is 0.839. The fraction of sp³-hybridized carbons (Fsp3) is 1.00. The van der Waals surface area contributed by atoms with Gasteiger partial charge in [0.2, 0.25) is 0 Å². The lowest BCUT2D eigenvalue weighted by atomic mass is 9.84. The van der Waals surface area contributed by atoms with Crippen molar-refractivity contribution >= 4 is 0 Å². The number of hydrogen-bond acceptors (Lipinski definition) is 3. The van der Waals surface area contributed by atoms with Crippen LogP contribution in [0.3, 0.4) is 0 Å². The Morgan fingerprint density at radius 1 is 1.20 bits per heavy atom. The van der Waals surface area contributed by atoms with Gasteiger partial charge in [-0.15, -0.1) is 0 Å². The summed E-state index contributed by atoms with van der Waals surface area (Å²) in [5, 5.41) is 3.83. The van der Waals surface area contributed by atoms with E-state index < -0.39 is 0 Å². The van der Waals surface area contributed by atoms with Crippen molar-refractivity contribution in [3.8, 4) is 0 Å². The lowest BCUT2D eigenvalue weighted by molar-refractivity contribution is -0.0723. The van der Waals surface area contributed by atoms with E-state index in [1.54, 1.807) is 0 Å². The minimum atomic E-state index is 0.384. The van der Waals surface area contributed by atoms with Crippen LogP contribution in [0, 0.1) is 11.3 Å². The SMILES string of the molecule is CCCNC1C(CN2C[C@@H](C)O[C@@H](C)C2)CCC1(C)C. The van der Waals surface area contributed by atoms with E-state index in [2.05, 4.69) is 44.8 Å². The molecule has 0 aromatic heterocycles. The van der Waals surface area contributed by atoms with Crippen LogP contribution in [0.4, 0.5) is 0 Å². The maximum atomic E-state index is 5.86. The van der Waals surface area contributed by atoms with Crippen molar-refractivity contribution in [3.63, 3.8) is 0 Å². The highest BCUT2D eigenvalue weighted by Crippen LogP contribution is 2.41. The molecular weight excluding hydrogens is 248 g/mol. The van der Waals surface area contributed by atoms with E-state index in [1.165, 1.54) is 25.8 Å². The van der Waals surface area contributed by atoms with Crippen LogP contribution >= 0.6 is 0 Å². The molecule has 1 aliphatic heterocycles. The molecule has 0 radical (unpaired) electrons. The van der Waals surface area contributed by atoms with E-state index in [-0.39, 0.29) is 0 Å². The average Bonchev–Trinajstić information content (AvgIpc) is 2.61. The molecule has 0 bridgehead atoms. The van der Waals surface area contributed by atoms with Crippen LogP contribution in [-0.2, 0) is 4.74 Å². The Kier molecular flexibility index (Phi) is 5.49. The lowest BCUT2D eigenvalue weighted by Gasteiger charge is -2.39. The molecule has 1 N–H and O–H groups in total. The van der Waals surface area contributed by atoms with Gasteiger partial charge in [-0.05, 0) is 51.0 Å². The second-order valence-electron chi connectivity index (χ2n) is 7.69. The molecule has 2 unspecified atom stereocenters. The summed E-state index contributed by atoms with van der Waals surface area (Å²) in [5.41, 5.74) is 0.448. The van der Waals surface area contributed by atoms with Crippen LogP contribution in [0.1, 0.15) is 53.9 Å². The Bertz CT molecular complexity index is 295. The van der Waals surface area contributed by atoms with Gasteiger partial charge < -0.3 is 10.1 Å². The van der Waals surface area contributed by atoms with Crippen LogP contribution < -0.4 is 5.32 Å². The summed E-state index contributed by atoms with van der Waals surface area (Å²) in [7, 11) is 0. The normalized spacial score (nSPS) is 38.2. The maximum absolute atomic E-state index is 5.86. The zero-order chi connectivity index (χ0) is 14.8. The summed E-state index contributed by atoms with van der Waals surface area (Å²) >= 11 is 0. The smallest absolute Gasteiger partial charge is 0.0678 e. The van der Waals surface area contributed by atoms with Crippen molar-refractivity contribution in [2.45, 2.75) is 72.1 Å². The average molecular weight is 282 g/mol. The highest BCUT2D eigenvalue weighted by Gasteiger charge is 2.42. The predicted octanol–water partition coefficient (Wildman–Crippen LogP) is 2.90. The largest absolute Gasteiger partial charge is 0.373 e. The van der Waals surface area contributed by atoms with Gasteiger partial charge in [0, 0.05) is 25.7 Å². The van der Waals surface area contributed by atoms with Gasteiger partial charge in [0.1, 0.15) is 0 Å². The van der Waals surface area contributed by atoms with Crippen molar-refractivity contribution in [2.24, 2.45) is 11.3 Å². The van der Waals surface area contributed by atoms with Gasteiger partial charge in [0.15, 0.2) is 0 Å². The number of nitrogens with one attached hydrogen (secondary N) is 1. The monoisotopic (exact) mass is 282 g/mol. The minimum absolute atomic E-state index is 0.384. The Hall–Kier alpha value is -0.120. The first kappa shape index (κ1) is 16.3. The molecule has 2 fully saturated rings. The predicted molar refractivity (Wildman–Crippen MR) is 85.0 cm³/mol. The number of hydrogen-bond donors (Lipinski definition) is 1. The first-order valence-electron chi connectivity index (χ1n) is 8.53. The summed E-state index contributed by atoms with van der Waals surface area (Å²) in [4.78, 5) is 2.63. The third-order valence-electron chi connectivity index (χ3n) is 5.07. The zero-order valence-corrected chi connectivity index (χ0v) is 14.1. The highest BCUT2D eigenvalue weighted by molar-refractivity contribution is 4.97. The van der Waals surface area contributed by atoms with Crippen molar-refractivity contribution in [3.05, 3.63) is 0 Å². The van der Waals surface area contributed by atoms with E-state index in [4.69, 9.17) is 4.74 Å². The first-order chi connectivity index (χ1) is 9.42. The minimum Gasteiger partial charge on any atom is -0.373 e. The molecule has 4 atom stereocenters. The third-order valence-corrected chi connectivity index (χ3v) is 5.07. The van der Waals surface area contributed by atoms with Crippen molar-refractivity contribution in [1.29, 1.82) is 0 Å². The molecule has 0 amide bonds. The molecule has 20 heavy (non-hydrogen) atoms. The second-order valence-corrected chi connectivity index (χ2v) is 7.69. The molecule has 0 aromatic carbocycles. The molecule has 1 heterocycles. The van der Waals surface area contributed by atoms with Crippen molar-refractivity contribution < 1.29 is 4.74 Å². The first-order valence-corrected chi connectivity index (χ1v) is 8.53. The van der Waals surface area contributed by atoms with Crippen LogP contribution in [0.15, 0.2) is 0 Å². The Morgan fingerprint density at radius 3 is 2.45 bits per heavy atom. The van der Waals surface area contributed by atoms with Crippen LogP contribution in [0.2, 0.25) is 0 Å². The Morgan fingerprint density at radius 2 is 1.85 bits per heavy atom. The summed E-state index contributed by atoms with van der Waals surface area (Å²) in [6, 6.07) is 0.677. The zero-order valence-electron chi connectivity index (χ0n) is 14.1. The lowest BCUT2D eigenvalue weighted by Crippen LogP contribution is -2.50. The number of nitrogens with zero attached hydrogens (tertiary/aromatic N) is 1. The number of morpholine rings is 1. The second kappa shape index (κ2) is 6.76. The van der Waals surface area contributed by atoms with E-state index >= 15 is 0 Å². The molecule has 0 aromatic rings. The molecule has 3 heteroatoms. The maximum Gasteiger partial charge on any atom is 0.0678 e. The third kappa shape index (κ3) is 3.96. The molecule has 2 aliphatic rings. The molecule has 118 valence electrons. The molecule has 0 spiro atoms. The Balaban J connectivity index is 1.93. The van der Waals surface area contributed by atoms with Crippen molar-refractivity contribution in [2.75, 3.05) is 26.2 Å². The van der Waals surface area contributed by atoms with Gasteiger partial charge >= 0.3 is 0 Å². The summed E-state index contributed by atoms with van der Waals surface area (Å²) in [5.74, 6) is 0.800. The van der Waals surface area contributed by atoms with E-state index in [0.717, 1.165) is 25.6 Å². The van der Waals surface area contributed by atoms with Crippen molar-refractivity contribution in [1.82, 2.24) is 10.2 Å². The van der Waals surface area contributed by atoms with E-state index in [0.29, 0.717) is 23.7 Å². The van der Waals surface area contributed by atoms with Crippen LogP contribution in [-0.4, -0.2) is 49.3 Å². The van der Waals surface area contributed by atoms with Gasteiger partial charge in [-0.2, -0.15) is 0 Å². The van der Waals surface area contributed by atoms with Crippen LogP contribution in [0.5, 0.6) is 0 Å². The molecule has 3 nitrogen and oxygen atoms in total. The summed E-state index contributed by atoms with van der Waals surface area (Å²) in [6.45, 7) is 16.1. The molecule has 1 saturated carbocycles. The molecule has 1 saturated heterocycles.